The maximum atomic E-state index is 3.76. The average molecular weight is 259 g/mol. The molecular formula is C18H29N. The molecule has 0 saturated heterocycles. The molecule has 0 bridgehead atoms. The lowest BCUT2D eigenvalue weighted by Gasteiger charge is -2.21. The monoisotopic (exact) mass is 259 g/mol. The molecule has 1 aliphatic rings. The smallest absolute Gasteiger partial charge is 0.0208 e. The summed E-state index contributed by atoms with van der Waals surface area (Å²) in [5, 5.41) is 3.76. The Morgan fingerprint density at radius 1 is 1.16 bits per heavy atom. The van der Waals surface area contributed by atoms with Crippen LogP contribution < -0.4 is 5.32 Å². The molecular weight excluding hydrogens is 230 g/mol. The predicted molar refractivity (Wildman–Crippen MR) is 83.3 cm³/mol. The van der Waals surface area contributed by atoms with Gasteiger partial charge in [-0.15, -0.1) is 0 Å². The molecule has 106 valence electrons. The van der Waals surface area contributed by atoms with Gasteiger partial charge in [0.1, 0.15) is 0 Å². The highest BCUT2D eigenvalue weighted by Crippen LogP contribution is 2.33. The molecule has 0 heterocycles. The summed E-state index contributed by atoms with van der Waals surface area (Å²) in [4.78, 5) is 0. The number of hydrogen-bond donors (Lipinski definition) is 1. The molecule has 0 amide bonds. The largest absolute Gasteiger partial charge is 0.310 e. The van der Waals surface area contributed by atoms with Gasteiger partial charge in [-0.05, 0) is 41.7 Å². The second-order valence-corrected chi connectivity index (χ2v) is 6.49. The first kappa shape index (κ1) is 14.6. The summed E-state index contributed by atoms with van der Waals surface area (Å²) in [6.45, 7) is 10.3. The van der Waals surface area contributed by atoms with Gasteiger partial charge in [-0.1, -0.05) is 58.4 Å². The van der Waals surface area contributed by atoms with E-state index in [0.29, 0.717) is 5.92 Å². The molecule has 3 unspecified atom stereocenters. The van der Waals surface area contributed by atoms with Crippen molar-refractivity contribution in [3.05, 3.63) is 35.4 Å². The van der Waals surface area contributed by atoms with Crippen molar-refractivity contribution in [2.45, 2.75) is 65.5 Å². The Morgan fingerprint density at radius 3 is 2.37 bits per heavy atom. The maximum absolute atomic E-state index is 3.76. The predicted octanol–water partition coefficient (Wildman–Crippen LogP) is 4.72. The van der Waals surface area contributed by atoms with E-state index in [9.17, 15) is 0 Å². The fourth-order valence-electron chi connectivity index (χ4n) is 3.38. The zero-order valence-corrected chi connectivity index (χ0v) is 12.9. The average Bonchev–Trinajstić information content (AvgIpc) is 2.77. The van der Waals surface area contributed by atoms with E-state index in [-0.39, 0.29) is 0 Å². The number of rotatable bonds is 5. The van der Waals surface area contributed by atoms with Gasteiger partial charge in [-0.25, -0.2) is 0 Å². The molecule has 1 saturated carbocycles. The first-order valence-corrected chi connectivity index (χ1v) is 7.94. The Bertz CT molecular complexity index is 379. The normalized spacial score (nSPS) is 27.1. The van der Waals surface area contributed by atoms with Gasteiger partial charge in [-0.3, -0.25) is 0 Å². The van der Waals surface area contributed by atoms with Crippen molar-refractivity contribution in [2.24, 2.45) is 11.8 Å². The van der Waals surface area contributed by atoms with Crippen LogP contribution in [0.2, 0.25) is 0 Å². The topological polar surface area (TPSA) is 12.0 Å². The van der Waals surface area contributed by atoms with Crippen LogP contribution in [-0.2, 0) is 6.54 Å². The minimum atomic E-state index is 0.627. The van der Waals surface area contributed by atoms with Gasteiger partial charge >= 0.3 is 0 Å². The summed E-state index contributed by atoms with van der Waals surface area (Å²) in [6.07, 6.45) is 4.09. The minimum absolute atomic E-state index is 0.627. The molecule has 1 heteroatoms. The Hall–Kier alpha value is -0.820. The lowest BCUT2D eigenvalue weighted by Crippen LogP contribution is -2.32. The van der Waals surface area contributed by atoms with Crippen LogP contribution in [0, 0.1) is 11.8 Å². The van der Waals surface area contributed by atoms with Gasteiger partial charge in [0, 0.05) is 12.6 Å². The third-order valence-corrected chi connectivity index (χ3v) is 4.97. The number of hydrogen-bond acceptors (Lipinski definition) is 1. The fourth-order valence-corrected chi connectivity index (χ4v) is 3.38. The van der Waals surface area contributed by atoms with Gasteiger partial charge in [-0.2, -0.15) is 0 Å². The third kappa shape index (κ3) is 3.60. The second kappa shape index (κ2) is 6.56. The molecule has 0 aromatic heterocycles. The molecule has 1 aromatic carbocycles. The number of nitrogens with one attached hydrogen (secondary N) is 1. The Balaban J connectivity index is 1.85. The van der Waals surface area contributed by atoms with E-state index < -0.39 is 0 Å². The van der Waals surface area contributed by atoms with Crippen LogP contribution >= 0.6 is 0 Å². The lowest BCUT2D eigenvalue weighted by atomic mass is 9.93. The zero-order chi connectivity index (χ0) is 13.8. The van der Waals surface area contributed by atoms with E-state index in [0.717, 1.165) is 24.4 Å². The van der Waals surface area contributed by atoms with E-state index >= 15 is 0 Å². The zero-order valence-electron chi connectivity index (χ0n) is 12.9. The summed E-state index contributed by atoms with van der Waals surface area (Å²) in [6, 6.07) is 9.82. The Labute approximate surface area is 118 Å². The molecule has 0 aliphatic heterocycles. The van der Waals surface area contributed by atoms with Crippen molar-refractivity contribution in [3.8, 4) is 0 Å². The summed E-state index contributed by atoms with van der Waals surface area (Å²) in [5.74, 6) is 2.39. The van der Waals surface area contributed by atoms with E-state index in [1.165, 1.54) is 30.4 Å². The van der Waals surface area contributed by atoms with Gasteiger partial charge in [0.15, 0.2) is 0 Å². The second-order valence-electron chi connectivity index (χ2n) is 6.49. The molecule has 0 radical (unpaired) electrons. The van der Waals surface area contributed by atoms with E-state index in [1.807, 2.05) is 0 Å². The SMILES string of the molecule is CCC1CCC(NCc2ccc(C(C)C)cc2)C1C. The molecule has 1 fully saturated rings. The van der Waals surface area contributed by atoms with Crippen LogP contribution in [-0.4, -0.2) is 6.04 Å². The highest BCUT2D eigenvalue weighted by Gasteiger charge is 2.30. The minimum Gasteiger partial charge on any atom is -0.310 e. The van der Waals surface area contributed by atoms with Crippen molar-refractivity contribution >= 4 is 0 Å². The molecule has 1 aliphatic carbocycles. The summed E-state index contributed by atoms with van der Waals surface area (Å²) < 4.78 is 0. The standard InChI is InChI=1S/C18H29N/c1-5-16-10-11-18(14(16)4)19-12-15-6-8-17(9-7-15)13(2)3/h6-9,13-14,16,18-19H,5,10-12H2,1-4H3. The van der Waals surface area contributed by atoms with Crippen LogP contribution in [0.5, 0.6) is 0 Å². The van der Waals surface area contributed by atoms with Crippen LogP contribution in [0.15, 0.2) is 24.3 Å². The van der Waals surface area contributed by atoms with E-state index in [4.69, 9.17) is 0 Å². The van der Waals surface area contributed by atoms with E-state index in [1.54, 1.807) is 0 Å². The molecule has 19 heavy (non-hydrogen) atoms. The highest BCUT2D eigenvalue weighted by atomic mass is 14.9. The molecule has 2 rings (SSSR count). The van der Waals surface area contributed by atoms with Gasteiger partial charge < -0.3 is 5.32 Å². The summed E-state index contributed by atoms with van der Waals surface area (Å²) >= 11 is 0. The molecule has 1 aromatic rings. The van der Waals surface area contributed by atoms with E-state index in [2.05, 4.69) is 57.3 Å². The van der Waals surface area contributed by atoms with Crippen LogP contribution in [0.1, 0.15) is 64.0 Å². The van der Waals surface area contributed by atoms with Crippen LogP contribution in [0.4, 0.5) is 0 Å². The first-order valence-electron chi connectivity index (χ1n) is 7.94. The Kier molecular flexibility index (Phi) is 5.04. The van der Waals surface area contributed by atoms with Crippen molar-refractivity contribution in [1.29, 1.82) is 0 Å². The van der Waals surface area contributed by atoms with Crippen LogP contribution in [0.3, 0.4) is 0 Å². The first-order chi connectivity index (χ1) is 9.11. The summed E-state index contributed by atoms with van der Waals surface area (Å²) in [7, 11) is 0. The fraction of sp³-hybridized carbons (Fsp3) is 0.667. The van der Waals surface area contributed by atoms with Gasteiger partial charge in [0.2, 0.25) is 0 Å². The molecule has 1 N–H and O–H groups in total. The quantitative estimate of drug-likeness (QED) is 0.806. The van der Waals surface area contributed by atoms with Crippen LogP contribution in [0.25, 0.3) is 0 Å². The highest BCUT2D eigenvalue weighted by molar-refractivity contribution is 5.24. The molecule has 1 nitrogen and oxygen atoms in total. The van der Waals surface area contributed by atoms with Crippen molar-refractivity contribution in [1.82, 2.24) is 5.32 Å². The van der Waals surface area contributed by atoms with Crippen molar-refractivity contribution in [2.75, 3.05) is 0 Å². The van der Waals surface area contributed by atoms with Crippen molar-refractivity contribution in [3.63, 3.8) is 0 Å². The van der Waals surface area contributed by atoms with Gasteiger partial charge in [0.05, 0.1) is 0 Å². The summed E-state index contributed by atoms with van der Waals surface area (Å²) in [5.41, 5.74) is 2.85. The lowest BCUT2D eigenvalue weighted by molar-refractivity contribution is 0.344. The van der Waals surface area contributed by atoms with Gasteiger partial charge in [0.25, 0.3) is 0 Å². The third-order valence-electron chi connectivity index (χ3n) is 4.97. The van der Waals surface area contributed by atoms with Crippen molar-refractivity contribution < 1.29 is 0 Å². The Morgan fingerprint density at radius 2 is 1.84 bits per heavy atom. The maximum Gasteiger partial charge on any atom is 0.0208 e. The number of benzene rings is 1. The molecule has 3 atom stereocenters. The molecule has 0 spiro atoms.